The summed E-state index contributed by atoms with van der Waals surface area (Å²) in [6.45, 7) is 15.8. The quantitative estimate of drug-likeness (QED) is 0.364. The van der Waals surface area contributed by atoms with Crippen LogP contribution in [-0.2, 0) is 0 Å². The van der Waals surface area contributed by atoms with Crippen molar-refractivity contribution in [1.29, 1.82) is 0 Å². The van der Waals surface area contributed by atoms with Gasteiger partial charge in [0.2, 0.25) is 0 Å². The number of carbonyl (C=O) groups excluding carboxylic acids is 4. The summed E-state index contributed by atoms with van der Waals surface area (Å²) in [4.78, 5) is 81.1. The Hall–Kier alpha value is -5.47. The van der Waals surface area contributed by atoms with Gasteiger partial charge in [0.25, 0.3) is 0 Å². The van der Waals surface area contributed by atoms with Crippen LogP contribution in [0.3, 0.4) is 0 Å². The fourth-order valence-corrected chi connectivity index (χ4v) is 6.81. The number of pyridine rings is 3. The second-order valence-corrected chi connectivity index (χ2v) is 14.7. The van der Waals surface area contributed by atoms with E-state index in [2.05, 4.69) is 0 Å². The molecule has 7 rings (SSSR count). The Kier molecular flexibility index (Phi) is 8.02. The third kappa shape index (κ3) is 5.79. The van der Waals surface area contributed by atoms with Gasteiger partial charge in [0.15, 0.2) is 0 Å². The van der Waals surface area contributed by atoms with E-state index in [1.54, 1.807) is 84.0 Å². The van der Waals surface area contributed by atoms with E-state index >= 15 is 0 Å². The van der Waals surface area contributed by atoms with Crippen LogP contribution in [-0.4, -0.2) is 112 Å². The number of urea groups is 4. The zero-order chi connectivity index (χ0) is 35.5. The van der Waals surface area contributed by atoms with Crippen molar-refractivity contribution in [2.45, 2.75) is 52.6 Å². The van der Waals surface area contributed by atoms with Crippen molar-refractivity contribution in [2.24, 2.45) is 0 Å². The lowest BCUT2D eigenvalue weighted by atomic mass is 10.1. The summed E-state index contributed by atoms with van der Waals surface area (Å²) in [5.41, 5.74) is -0.610. The minimum Gasteiger partial charge on any atom is -0.318 e. The lowest BCUT2D eigenvalue weighted by Gasteiger charge is -2.31. The van der Waals surface area contributed by atoms with Gasteiger partial charge in [-0.3, -0.25) is 29.4 Å². The highest BCUT2D eigenvalue weighted by atomic mass is 16.2. The maximum absolute atomic E-state index is 13.7. The third-order valence-electron chi connectivity index (χ3n) is 9.47. The standard InChI is InChI=1S/C35H43N11O4/c1-34(2,3)45-22-20-43(32(45)49)28-14-8-12-26(37-28)41-18-16-39(30(41)47)24-10-7-11-25(36-24)40-17-19-42(31(40)48)27-13-9-15-29(38-27)44-21-23-46(33(44)50)35(4,5)6/h7-15H,16-23H2,1-6H3. The summed E-state index contributed by atoms with van der Waals surface area (Å²) in [5.74, 6) is 2.75. The van der Waals surface area contributed by atoms with Crippen LogP contribution in [0.5, 0.6) is 0 Å². The average molecular weight is 682 g/mol. The summed E-state index contributed by atoms with van der Waals surface area (Å²) in [7, 11) is 0. The molecule has 0 aromatic carbocycles. The number of hydrogen-bond acceptors (Lipinski definition) is 7. The van der Waals surface area contributed by atoms with Gasteiger partial charge in [-0.05, 0) is 77.9 Å². The fraction of sp³-hybridized carbons (Fsp3) is 0.457. The number of anilines is 6. The second-order valence-electron chi connectivity index (χ2n) is 14.7. The first-order valence-electron chi connectivity index (χ1n) is 17.0. The van der Waals surface area contributed by atoms with E-state index in [1.165, 1.54) is 0 Å². The van der Waals surface area contributed by atoms with Crippen LogP contribution in [0, 0.1) is 0 Å². The van der Waals surface area contributed by atoms with Crippen molar-refractivity contribution in [2.75, 3.05) is 81.8 Å². The Labute approximate surface area is 291 Å². The van der Waals surface area contributed by atoms with Crippen LogP contribution in [0.1, 0.15) is 41.5 Å². The number of aromatic nitrogens is 3. The van der Waals surface area contributed by atoms with Crippen LogP contribution >= 0.6 is 0 Å². The molecule has 0 unspecified atom stereocenters. The van der Waals surface area contributed by atoms with Crippen molar-refractivity contribution in [3.8, 4) is 0 Å². The normalized spacial score (nSPS) is 19.0. The Morgan fingerprint density at radius 3 is 0.820 bits per heavy atom. The van der Waals surface area contributed by atoms with Crippen molar-refractivity contribution >= 4 is 59.0 Å². The zero-order valence-electron chi connectivity index (χ0n) is 29.4. The van der Waals surface area contributed by atoms with Crippen LogP contribution < -0.4 is 29.4 Å². The molecule has 8 amide bonds. The molecule has 4 aliphatic heterocycles. The van der Waals surface area contributed by atoms with E-state index < -0.39 is 0 Å². The number of carbonyl (C=O) groups is 4. The molecule has 3 aromatic rings. The lowest BCUT2D eigenvalue weighted by molar-refractivity contribution is 0.172. The number of nitrogens with zero attached hydrogens (tertiary/aromatic N) is 11. The van der Waals surface area contributed by atoms with Gasteiger partial charge in [0, 0.05) is 63.4 Å². The minimum absolute atomic E-state index is 0.106. The number of hydrogen-bond donors (Lipinski definition) is 0. The first-order chi connectivity index (χ1) is 23.7. The molecule has 15 nitrogen and oxygen atoms in total. The van der Waals surface area contributed by atoms with Crippen molar-refractivity contribution in [3.63, 3.8) is 0 Å². The Balaban J connectivity index is 1.04. The summed E-state index contributed by atoms with van der Waals surface area (Å²) in [5, 5.41) is 0. The molecule has 0 atom stereocenters. The molecule has 262 valence electrons. The fourth-order valence-electron chi connectivity index (χ4n) is 6.81. The van der Waals surface area contributed by atoms with Crippen LogP contribution in [0.2, 0.25) is 0 Å². The SMILES string of the molecule is CC(C)(C)N1CCN(c2cccc(N3CCN(c4cccc(N5CCN(c6cccc(N7CCN(C(C)(C)C)C7=O)n6)C5=O)n4)C3=O)n2)C1=O. The molecule has 0 radical (unpaired) electrons. The molecule has 0 saturated carbocycles. The molecule has 0 spiro atoms. The first-order valence-corrected chi connectivity index (χ1v) is 17.0. The molecule has 4 fully saturated rings. The molecule has 4 aliphatic rings. The average Bonchev–Trinajstić information content (AvgIpc) is 3.86. The highest BCUT2D eigenvalue weighted by Crippen LogP contribution is 2.31. The molecular formula is C35H43N11O4. The van der Waals surface area contributed by atoms with Crippen molar-refractivity contribution in [1.82, 2.24) is 24.8 Å². The largest absolute Gasteiger partial charge is 0.331 e. The Morgan fingerprint density at radius 1 is 0.380 bits per heavy atom. The van der Waals surface area contributed by atoms with Crippen molar-refractivity contribution in [3.05, 3.63) is 54.6 Å². The van der Waals surface area contributed by atoms with Gasteiger partial charge in [-0.2, -0.15) is 0 Å². The molecule has 0 N–H and O–H groups in total. The topological polar surface area (TPSA) is 133 Å². The molecule has 7 heterocycles. The number of amides is 8. The molecule has 50 heavy (non-hydrogen) atoms. The number of rotatable bonds is 6. The Morgan fingerprint density at radius 2 is 0.600 bits per heavy atom. The lowest BCUT2D eigenvalue weighted by Crippen LogP contribution is -2.44. The van der Waals surface area contributed by atoms with Crippen LogP contribution in [0.25, 0.3) is 0 Å². The Bertz CT molecular complexity index is 1730. The highest BCUT2D eigenvalue weighted by molar-refractivity contribution is 6.07. The first kappa shape index (κ1) is 33.0. The summed E-state index contributed by atoms with van der Waals surface area (Å²) in [6, 6.07) is 15.2. The van der Waals surface area contributed by atoms with Gasteiger partial charge in [-0.25, -0.2) is 34.1 Å². The molecule has 0 aliphatic carbocycles. The van der Waals surface area contributed by atoms with Gasteiger partial charge < -0.3 is 9.80 Å². The maximum Gasteiger partial charge on any atom is 0.331 e. The molecule has 0 bridgehead atoms. The van der Waals surface area contributed by atoms with Gasteiger partial charge in [0.1, 0.15) is 34.9 Å². The summed E-state index contributed by atoms with van der Waals surface area (Å²) >= 11 is 0. The minimum atomic E-state index is -0.305. The van der Waals surface area contributed by atoms with E-state index in [-0.39, 0.29) is 35.2 Å². The van der Waals surface area contributed by atoms with Gasteiger partial charge in [-0.15, -0.1) is 0 Å². The van der Waals surface area contributed by atoms with E-state index in [0.717, 1.165) is 0 Å². The maximum atomic E-state index is 13.7. The molecule has 15 heteroatoms. The monoisotopic (exact) mass is 681 g/mol. The highest BCUT2D eigenvalue weighted by Gasteiger charge is 2.40. The van der Waals surface area contributed by atoms with Crippen LogP contribution in [0.15, 0.2) is 54.6 Å². The van der Waals surface area contributed by atoms with Gasteiger partial charge in [-0.1, -0.05) is 18.2 Å². The third-order valence-corrected chi connectivity index (χ3v) is 9.47. The smallest absolute Gasteiger partial charge is 0.318 e. The molecule has 3 aromatic heterocycles. The van der Waals surface area contributed by atoms with E-state index in [1.807, 2.05) is 51.3 Å². The summed E-state index contributed by atoms with van der Waals surface area (Å²) in [6.07, 6.45) is 0. The molecule has 4 saturated heterocycles. The van der Waals surface area contributed by atoms with E-state index in [4.69, 9.17) is 15.0 Å². The predicted molar refractivity (Wildman–Crippen MR) is 191 cm³/mol. The predicted octanol–water partition coefficient (Wildman–Crippen LogP) is 4.85. The van der Waals surface area contributed by atoms with E-state index in [0.29, 0.717) is 87.3 Å². The van der Waals surface area contributed by atoms with Gasteiger partial charge >= 0.3 is 24.1 Å². The van der Waals surface area contributed by atoms with Crippen molar-refractivity contribution < 1.29 is 19.2 Å². The van der Waals surface area contributed by atoms with Crippen LogP contribution in [0.4, 0.5) is 54.1 Å². The second kappa shape index (κ2) is 12.1. The zero-order valence-corrected chi connectivity index (χ0v) is 29.4. The van der Waals surface area contributed by atoms with E-state index in [9.17, 15) is 19.2 Å². The summed E-state index contributed by atoms with van der Waals surface area (Å²) < 4.78 is 0. The van der Waals surface area contributed by atoms with Gasteiger partial charge in [0.05, 0.1) is 0 Å². The molecular weight excluding hydrogens is 638 g/mol.